The summed E-state index contributed by atoms with van der Waals surface area (Å²) in [5, 5.41) is 25.9. The number of rotatable bonds is 6. The molecule has 134 valence electrons. The van der Waals surface area contributed by atoms with Crippen molar-refractivity contribution >= 4 is 16.9 Å². The number of fused-ring (bicyclic) bond motifs is 1. The highest BCUT2D eigenvalue weighted by Gasteiger charge is 2.11. The molecule has 0 spiro atoms. The van der Waals surface area contributed by atoms with Gasteiger partial charge in [-0.05, 0) is 35.9 Å². The van der Waals surface area contributed by atoms with E-state index in [-0.39, 0.29) is 18.6 Å². The maximum atomic E-state index is 11.2. The molecule has 2 aromatic heterocycles. The van der Waals surface area contributed by atoms with Crippen LogP contribution in [0.15, 0.2) is 54.6 Å². The second kappa shape index (κ2) is 7.20. The summed E-state index contributed by atoms with van der Waals surface area (Å²) in [6.45, 7) is 0.245. The Kier molecular flexibility index (Phi) is 4.44. The molecule has 0 aliphatic carbocycles. The largest absolute Gasteiger partial charge is 0.545 e. The van der Waals surface area contributed by atoms with Crippen LogP contribution in [-0.4, -0.2) is 31.6 Å². The summed E-state index contributed by atoms with van der Waals surface area (Å²) in [6.07, 6.45) is 0.276. The van der Waals surface area contributed by atoms with Crippen molar-refractivity contribution in [3.8, 4) is 5.75 Å². The van der Waals surface area contributed by atoms with Gasteiger partial charge in [-0.3, -0.25) is 0 Å². The maximum Gasteiger partial charge on any atom is 0.179 e. The lowest BCUT2D eigenvalue weighted by Crippen LogP contribution is -2.22. The zero-order valence-corrected chi connectivity index (χ0v) is 14.1. The van der Waals surface area contributed by atoms with Gasteiger partial charge in [0.2, 0.25) is 0 Å². The number of aromatic amines is 1. The van der Waals surface area contributed by atoms with Gasteiger partial charge in [-0.1, -0.05) is 29.5 Å². The number of ether oxygens (including phenoxy) is 1. The van der Waals surface area contributed by atoms with Gasteiger partial charge < -0.3 is 14.6 Å². The average Bonchev–Trinajstić information content (AvgIpc) is 3.20. The summed E-state index contributed by atoms with van der Waals surface area (Å²) in [7, 11) is 0. The van der Waals surface area contributed by atoms with Gasteiger partial charge in [-0.2, -0.15) is 5.21 Å². The summed E-state index contributed by atoms with van der Waals surface area (Å²) in [5.41, 5.74) is 2.34. The number of carboxylic acid groups (broad SMARTS) is 1. The van der Waals surface area contributed by atoms with Crippen LogP contribution in [0, 0.1) is 0 Å². The normalized spacial score (nSPS) is 10.8. The lowest BCUT2D eigenvalue weighted by molar-refractivity contribution is -0.255. The molecule has 0 radical (unpaired) electrons. The fraction of sp³-hybridized carbons (Fsp3) is 0.105. The van der Waals surface area contributed by atoms with Crippen LogP contribution in [0.2, 0.25) is 0 Å². The molecule has 4 rings (SSSR count). The van der Waals surface area contributed by atoms with E-state index >= 15 is 0 Å². The highest BCUT2D eigenvalue weighted by Crippen LogP contribution is 2.23. The molecule has 0 fully saturated rings. The number of nitrogens with zero attached hydrogens (tertiary/aromatic N) is 4. The van der Waals surface area contributed by atoms with Crippen LogP contribution in [0.3, 0.4) is 0 Å². The van der Waals surface area contributed by atoms with Crippen molar-refractivity contribution in [2.45, 2.75) is 13.0 Å². The van der Waals surface area contributed by atoms with Crippen LogP contribution in [0.1, 0.15) is 27.4 Å². The number of hydrogen-bond donors (Lipinski definition) is 1. The Morgan fingerprint density at radius 2 is 2.00 bits per heavy atom. The number of tetrazole rings is 1. The van der Waals surface area contributed by atoms with Crippen molar-refractivity contribution in [2.75, 3.05) is 0 Å². The molecule has 4 aromatic rings. The van der Waals surface area contributed by atoms with Crippen molar-refractivity contribution in [3.05, 3.63) is 77.2 Å². The Bertz CT molecular complexity index is 1100. The fourth-order valence-electron chi connectivity index (χ4n) is 2.75. The van der Waals surface area contributed by atoms with Crippen LogP contribution in [-0.2, 0) is 13.0 Å². The average molecular weight is 360 g/mol. The molecule has 0 saturated carbocycles. The maximum absolute atomic E-state index is 11.2. The molecular weight excluding hydrogens is 346 g/mol. The second-order valence-corrected chi connectivity index (χ2v) is 5.90. The van der Waals surface area contributed by atoms with Crippen LogP contribution < -0.4 is 9.84 Å². The van der Waals surface area contributed by atoms with Crippen molar-refractivity contribution in [1.29, 1.82) is 0 Å². The number of benzene rings is 2. The first kappa shape index (κ1) is 16.6. The van der Waals surface area contributed by atoms with Gasteiger partial charge in [0.1, 0.15) is 12.4 Å². The summed E-state index contributed by atoms with van der Waals surface area (Å²) < 4.78 is 5.89. The van der Waals surface area contributed by atoms with Gasteiger partial charge in [0.15, 0.2) is 5.82 Å². The highest BCUT2D eigenvalue weighted by atomic mass is 16.5. The Labute approximate surface area is 153 Å². The van der Waals surface area contributed by atoms with E-state index in [0.29, 0.717) is 17.1 Å². The van der Waals surface area contributed by atoms with Gasteiger partial charge in [0.25, 0.3) is 0 Å². The number of aromatic carboxylic acids is 1. The highest BCUT2D eigenvalue weighted by molar-refractivity contribution is 5.86. The SMILES string of the molecule is O=C([O-])c1ccc(OCc2ccc3ccccc3n2)c(Cc2nn[nH]n2)c1. The topological polar surface area (TPSA) is 117 Å². The number of carbonyl (C=O) groups excluding carboxylic acids is 1. The minimum absolute atomic E-state index is 0.0599. The monoisotopic (exact) mass is 360 g/mol. The van der Waals surface area contributed by atoms with E-state index in [1.165, 1.54) is 12.1 Å². The lowest BCUT2D eigenvalue weighted by atomic mass is 10.1. The summed E-state index contributed by atoms with van der Waals surface area (Å²) in [4.78, 5) is 15.7. The minimum atomic E-state index is -1.26. The number of pyridine rings is 1. The standard InChI is InChI=1S/C19H15N5O3/c25-19(26)13-6-8-17(14(9-13)10-18-21-23-24-22-18)27-11-15-7-5-12-3-1-2-4-16(12)20-15/h1-9H,10-11H2,(H,25,26)(H,21,22,23,24)/p-1. The van der Waals surface area contributed by atoms with Gasteiger partial charge in [-0.15, -0.1) is 10.2 Å². The predicted molar refractivity (Wildman–Crippen MR) is 93.8 cm³/mol. The first-order chi connectivity index (χ1) is 13.2. The molecule has 8 heteroatoms. The van der Waals surface area contributed by atoms with E-state index < -0.39 is 5.97 Å². The van der Waals surface area contributed by atoms with Gasteiger partial charge in [0.05, 0.1) is 17.2 Å². The Morgan fingerprint density at radius 1 is 1.11 bits per heavy atom. The Balaban J connectivity index is 1.58. The van der Waals surface area contributed by atoms with Crippen molar-refractivity contribution < 1.29 is 14.6 Å². The third-order valence-corrected chi connectivity index (χ3v) is 4.07. The number of aromatic nitrogens is 5. The van der Waals surface area contributed by atoms with Crippen molar-refractivity contribution in [3.63, 3.8) is 0 Å². The second-order valence-electron chi connectivity index (χ2n) is 5.90. The number of carbonyl (C=O) groups is 1. The van der Waals surface area contributed by atoms with Gasteiger partial charge in [0, 0.05) is 17.4 Å². The quantitative estimate of drug-likeness (QED) is 0.550. The van der Waals surface area contributed by atoms with Gasteiger partial charge >= 0.3 is 0 Å². The van der Waals surface area contributed by atoms with Crippen LogP contribution in [0.4, 0.5) is 0 Å². The molecule has 0 aliphatic rings. The zero-order chi connectivity index (χ0) is 18.6. The molecule has 27 heavy (non-hydrogen) atoms. The predicted octanol–water partition coefficient (Wildman–Crippen LogP) is 1.28. The number of nitrogens with one attached hydrogen (secondary N) is 1. The first-order valence-electron chi connectivity index (χ1n) is 8.23. The number of para-hydroxylation sites is 1. The van der Waals surface area contributed by atoms with E-state index in [4.69, 9.17) is 4.74 Å². The molecule has 0 aliphatic heterocycles. The summed E-state index contributed by atoms with van der Waals surface area (Å²) in [6, 6.07) is 16.3. The minimum Gasteiger partial charge on any atom is -0.545 e. The smallest absolute Gasteiger partial charge is 0.179 e. The van der Waals surface area contributed by atoms with E-state index in [2.05, 4.69) is 25.6 Å². The van der Waals surface area contributed by atoms with Crippen LogP contribution in [0.25, 0.3) is 10.9 Å². The molecule has 2 aromatic carbocycles. The van der Waals surface area contributed by atoms with E-state index in [1.807, 2.05) is 36.4 Å². The zero-order valence-electron chi connectivity index (χ0n) is 14.1. The summed E-state index contributed by atoms with van der Waals surface area (Å²) >= 11 is 0. The van der Waals surface area contributed by atoms with Crippen molar-refractivity contribution in [2.24, 2.45) is 0 Å². The lowest BCUT2D eigenvalue weighted by Gasteiger charge is -2.13. The summed E-state index contributed by atoms with van der Waals surface area (Å²) in [5.74, 6) is -0.300. The molecule has 0 saturated heterocycles. The molecule has 0 atom stereocenters. The molecule has 1 N–H and O–H groups in total. The molecular formula is C19H14N5O3-. The van der Waals surface area contributed by atoms with E-state index in [9.17, 15) is 9.90 Å². The molecule has 0 bridgehead atoms. The number of H-pyrrole nitrogens is 1. The first-order valence-corrected chi connectivity index (χ1v) is 8.23. The van der Waals surface area contributed by atoms with Crippen LogP contribution in [0.5, 0.6) is 5.75 Å². The number of hydrogen-bond acceptors (Lipinski definition) is 7. The molecule has 2 heterocycles. The van der Waals surface area contributed by atoms with E-state index in [0.717, 1.165) is 16.6 Å². The third kappa shape index (κ3) is 3.74. The van der Waals surface area contributed by atoms with Crippen LogP contribution >= 0.6 is 0 Å². The Morgan fingerprint density at radius 3 is 2.81 bits per heavy atom. The molecule has 0 unspecified atom stereocenters. The third-order valence-electron chi connectivity index (χ3n) is 4.07. The number of carboxylic acids is 1. The fourth-order valence-corrected chi connectivity index (χ4v) is 2.75. The Hall–Kier alpha value is -3.81. The molecule has 0 amide bonds. The van der Waals surface area contributed by atoms with Gasteiger partial charge in [-0.25, -0.2) is 4.98 Å². The molecule has 8 nitrogen and oxygen atoms in total. The van der Waals surface area contributed by atoms with E-state index in [1.54, 1.807) is 6.07 Å². The van der Waals surface area contributed by atoms with Crippen molar-refractivity contribution in [1.82, 2.24) is 25.6 Å².